The minimum absolute atomic E-state index is 0.619. The number of benzene rings is 1. The fourth-order valence-electron chi connectivity index (χ4n) is 0.956. The molecule has 0 aromatic heterocycles. The molecule has 1 rings (SSSR count). The third-order valence-corrected chi connectivity index (χ3v) is 1.57. The van der Waals surface area contributed by atoms with Crippen LogP contribution in [0.1, 0.15) is 12.5 Å². The van der Waals surface area contributed by atoms with E-state index in [1.165, 1.54) is 6.07 Å². The van der Waals surface area contributed by atoms with Crippen LogP contribution in [0.15, 0.2) is 23.4 Å². The van der Waals surface area contributed by atoms with E-state index in [4.69, 9.17) is 5.26 Å². The minimum atomic E-state index is -0.951. The van der Waals surface area contributed by atoms with Gasteiger partial charge in [-0.15, -0.1) is 0 Å². The molecule has 1 aromatic rings. The summed E-state index contributed by atoms with van der Waals surface area (Å²) in [4.78, 5) is 14.6. The first kappa shape index (κ1) is 11.8. The quantitative estimate of drug-likeness (QED) is 0.436. The topological polar surface area (TPSA) is 62.4 Å². The standard InChI is InChI=1S/C10H6F2N2O2/c1-6(15)16-14-9(5-13)10-7(11)3-2-4-8(10)12/h2-4H,1H3/b14-9+. The number of nitriles is 1. The second-order valence-electron chi connectivity index (χ2n) is 2.73. The maximum Gasteiger partial charge on any atom is 0.332 e. The Hall–Kier alpha value is -2.29. The summed E-state index contributed by atoms with van der Waals surface area (Å²) < 4.78 is 26.4. The molecule has 0 amide bonds. The van der Waals surface area contributed by atoms with Gasteiger partial charge in [-0.05, 0) is 12.1 Å². The third-order valence-electron chi connectivity index (χ3n) is 1.57. The second-order valence-corrected chi connectivity index (χ2v) is 2.73. The van der Waals surface area contributed by atoms with Crippen LogP contribution in [0.2, 0.25) is 0 Å². The van der Waals surface area contributed by atoms with Crippen LogP contribution < -0.4 is 0 Å². The van der Waals surface area contributed by atoms with Gasteiger partial charge in [0.15, 0.2) is 5.71 Å². The molecule has 1 aromatic carbocycles. The van der Waals surface area contributed by atoms with E-state index in [0.717, 1.165) is 25.1 Å². The van der Waals surface area contributed by atoms with Gasteiger partial charge in [0.1, 0.15) is 17.7 Å². The number of carbonyl (C=O) groups excluding carboxylic acids is 1. The van der Waals surface area contributed by atoms with Crippen LogP contribution in [0.5, 0.6) is 0 Å². The fraction of sp³-hybridized carbons (Fsp3) is 0.100. The molecule has 0 radical (unpaired) electrons. The lowest BCUT2D eigenvalue weighted by Gasteiger charge is -2.00. The summed E-state index contributed by atoms with van der Waals surface area (Å²) >= 11 is 0. The average Bonchev–Trinajstić information content (AvgIpc) is 2.22. The second kappa shape index (κ2) is 4.98. The Labute approximate surface area is 89.7 Å². The summed E-state index contributed by atoms with van der Waals surface area (Å²) in [7, 11) is 0. The summed E-state index contributed by atoms with van der Waals surface area (Å²) in [5, 5.41) is 11.7. The minimum Gasteiger partial charge on any atom is -0.317 e. The van der Waals surface area contributed by atoms with Crippen molar-refractivity contribution in [1.82, 2.24) is 0 Å². The first-order valence-electron chi connectivity index (χ1n) is 4.16. The zero-order valence-corrected chi connectivity index (χ0v) is 8.20. The molecule has 0 aliphatic rings. The summed E-state index contributed by atoms with van der Waals surface area (Å²) in [6.45, 7) is 1.05. The highest BCUT2D eigenvalue weighted by molar-refractivity contribution is 6.11. The smallest absolute Gasteiger partial charge is 0.317 e. The first-order valence-corrected chi connectivity index (χ1v) is 4.16. The highest BCUT2D eigenvalue weighted by Crippen LogP contribution is 2.13. The van der Waals surface area contributed by atoms with E-state index in [9.17, 15) is 13.6 Å². The van der Waals surface area contributed by atoms with Crippen molar-refractivity contribution < 1.29 is 18.4 Å². The summed E-state index contributed by atoms with van der Waals surface area (Å²) in [5.74, 6) is -2.69. The Balaban J connectivity index is 3.20. The highest BCUT2D eigenvalue weighted by atomic mass is 19.1. The number of hydrogen-bond acceptors (Lipinski definition) is 4. The van der Waals surface area contributed by atoms with Crippen molar-refractivity contribution in [2.24, 2.45) is 5.16 Å². The van der Waals surface area contributed by atoms with E-state index in [1.54, 1.807) is 0 Å². The molecule has 0 saturated carbocycles. The van der Waals surface area contributed by atoms with Crippen molar-refractivity contribution >= 4 is 11.7 Å². The predicted molar refractivity (Wildman–Crippen MR) is 50.3 cm³/mol. The number of rotatable bonds is 2. The van der Waals surface area contributed by atoms with Crippen LogP contribution in [0.3, 0.4) is 0 Å². The van der Waals surface area contributed by atoms with Gasteiger partial charge in [-0.1, -0.05) is 11.2 Å². The van der Waals surface area contributed by atoms with Crippen LogP contribution >= 0.6 is 0 Å². The molecule has 0 heterocycles. The average molecular weight is 224 g/mol. The molecule has 0 fully saturated rings. The zero-order valence-electron chi connectivity index (χ0n) is 8.20. The fourth-order valence-corrected chi connectivity index (χ4v) is 0.956. The molecule has 0 saturated heterocycles. The van der Waals surface area contributed by atoms with Crippen LogP contribution in [0.4, 0.5) is 8.78 Å². The molecule has 4 nitrogen and oxygen atoms in total. The number of hydrogen-bond donors (Lipinski definition) is 0. The molecular weight excluding hydrogens is 218 g/mol. The van der Waals surface area contributed by atoms with Gasteiger partial charge >= 0.3 is 5.97 Å². The predicted octanol–water partition coefficient (Wildman–Crippen LogP) is 1.76. The lowest BCUT2D eigenvalue weighted by Crippen LogP contribution is -2.06. The van der Waals surface area contributed by atoms with E-state index in [0.29, 0.717) is 0 Å². The Morgan fingerprint density at radius 1 is 1.44 bits per heavy atom. The molecule has 0 atom stereocenters. The van der Waals surface area contributed by atoms with Gasteiger partial charge in [0.25, 0.3) is 0 Å². The van der Waals surface area contributed by atoms with Gasteiger partial charge in [0.05, 0.1) is 5.56 Å². The van der Waals surface area contributed by atoms with Gasteiger partial charge in [0.2, 0.25) is 0 Å². The Morgan fingerprint density at radius 3 is 2.44 bits per heavy atom. The van der Waals surface area contributed by atoms with Crippen molar-refractivity contribution in [3.63, 3.8) is 0 Å². The van der Waals surface area contributed by atoms with Gasteiger partial charge in [-0.25, -0.2) is 13.6 Å². The van der Waals surface area contributed by atoms with Crippen molar-refractivity contribution in [1.29, 1.82) is 5.26 Å². The van der Waals surface area contributed by atoms with Crippen molar-refractivity contribution in [3.05, 3.63) is 35.4 Å². The molecule has 0 unspecified atom stereocenters. The highest BCUT2D eigenvalue weighted by Gasteiger charge is 2.15. The molecule has 0 aliphatic heterocycles. The summed E-state index contributed by atoms with van der Waals surface area (Å²) in [5.41, 5.74) is -1.25. The molecule has 82 valence electrons. The van der Waals surface area contributed by atoms with Gasteiger partial charge in [0, 0.05) is 6.92 Å². The zero-order chi connectivity index (χ0) is 12.1. The SMILES string of the molecule is CC(=O)O/N=C(\C#N)c1c(F)cccc1F. The van der Waals surface area contributed by atoms with E-state index in [2.05, 4.69) is 9.99 Å². The molecule has 6 heteroatoms. The molecule has 16 heavy (non-hydrogen) atoms. The molecule has 0 aliphatic carbocycles. The third kappa shape index (κ3) is 2.60. The maximum atomic E-state index is 13.2. The van der Waals surface area contributed by atoms with Crippen LogP contribution in [0.25, 0.3) is 0 Å². The van der Waals surface area contributed by atoms with Gasteiger partial charge < -0.3 is 4.84 Å². The molecule has 0 N–H and O–H groups in total. The Kier molecular flexibility index (Phi) is 3.67. The largest absolute Gasteiger partial charge is 0.332 e. The Bertz CT molecular complexity index is 472. The summed E-state index contributed by atoms with van der Waals surface area (Å²) in [6, 6.07) is 4.54. The number of halogens is 2. The van der Waals surface area contributed by atoms with Gasteiger partial charge in [-0.3, -0.25) is 0 Å². The molecule has 0 bridgehead atoms. The van der Waals surface area contributed by atoms with Crippen molar-refractivity contribution in [3.8, 4) is 6.07 Å². The van der Waals surface area contributed by atoms with E-state index in [1.807, 2.05) is 0 Å². The van der Waals surface area contributed by atoms with Crippen LogP contribution in [-0.2, 0) is 9.63 Å². The van der Waals surface area contributed by atoms with Crippen LogP contribution in [0, 0.1) is 23.0 Å². The number of carbonyl (C=O) groups is 1. The van der Waals surface area contributed by atoms with E-state index in [-0.39, 0.29) is 0 Å². The first-order chi connectivity index (χ1) is 7.56. The lowest BCUT2D eigenvalue weighted by atomic mass is 10.1. The monoisotopic (exact) mass is 224 g/mol. The molecule has 0 spiro atoms. The summed E-state index contributed by atoms with van der Waals surface area (Å²) in [6.07, 6.45) is 0. The van der Waals surface area contributed by atoms with Crippen molar-refractivity contribution in [2.45, 2.75) is 6.92 Å². The van der Waals surface area contributed by atoms with Crippen molar-refractivity contribution in [2.75, 3.05) is 0 Å². The van der Waals surface area contributed by atoms with E-state index < -0.39 is 28.9 Å². The number of nitrogens with zero attached hydrogens (tertiary/aromatic N) is 2. The molecular formula is C10H6F2N2O2. The Morgan fingerprint density at radius 2 is 2.00 bits per heavy atom. The van der Waals surface area contributed by atoms with Crippen LogP contribution in [-0.4, -0.2) is 11.7 Å². The maximum absolute atomic E-state index is 13.2. The van der Waals surface area contributed by atoms with Gasteiger partial charge in [-0.2, -0.15) is 5.26 Å². The number of oxime groups is 1. The normalized spacial score (nSPS) is 10.8. The lowest BCUT2D eigenvalue weighted by molar-refractivity contribution is -0.140. The van der Waals surface area contributed by atoms with E-state index >= 15 is 0 Å².